The largest absolute Gasteiger partial charge is 0.462 e. The van der Waals surface area contributed by atoms with E-state index in [4.69, 9.17) is 4.74 Å². The van der Waals surface area contributed by atoms with Crippen molar-refractivity contribution in [1.82, 2.24) is 9.55 Å². The number of rotatable bonds is 4. The summed E-state index contributed by atoms with van der Waals surface area (Å²) in [5.74, 6) is 0.0872. The van der Waals surface area contributed by atoms with Crippen molar-refractivity contribution >= 4 is 11.7 Å². The molecule has 0 bridgehead atoms. The third-order valence-electron chi connectivity index (χ3n) is 4.74. The van der Waals surface area contributed by atoms with Gasteiger partial charge in [0.15, 0.2) is 0 Å². The highest BCUT2D eigenvalue weighted by atomic mass is 16.5. The lowest BCUT2D eigenvalue weighted by Crippen LogP contribution is -2.40. The summed E-state index contributed by atoms with van der Waals surface area (Å²) < 4.78 is 6.63. The number of esters is 1. The summed E-state index contributed by atoms with van der Waals surface area (Å²) >= 11 is 0. The zero-order valence-corrected chi connectivity index (χ0v) is 14.8. The van der Waals surface area contributed by atoms with Crippen LogP contribution in [0.1, 0.15) is 55.0 Å². The molecule has 1 aliphatic heterocycles. The molecule has 1 aromatic carbocycles. The first-order valence-corrected chi connectivity index (χ1v) is 8.61. The van der Waals surface area contributed by atoms with E-state index in [2.05, 4.69) is 9.88 Å². The van der Waals surface area contributed by atoms with E-state index in [0.29, 0.717) is 5.82 Å². The number of aromatic nitrogens is 2. The van der Waals surface area contributed by atoms with Gasteiger partial charge < -0.3 is 9.64 Å². The first-order chi connectivity index (χ1) is 12.0. The van der Waals surface area contributed by atoms with E-state index in [-0.39, 0.29) is 29.8 Å². The second kappa shape index (κ2) is 7.09. The number of hydrogen-bond donors (Lipinski definition) is 0. The van der Waals surface area contributed by atoms with Gasteiger partial charge in [0.25, 0.3) is 5.56 Å². The number of carbonyl (C=O) groups excluding carboxylic acids is 1. The molecule has 132 valence electrons. The van der Waals surface area contributed by atoms with Crippen molar-refractivity contribution in [2.24, 2.45) is 0 Å². The van der Waals surface area contributed by atoms with Gasteiger partial charge in [-0.05, 0) is 38.8 Å². The van der Waals surface area contributed by atoms with E-state index >= 15 is 0 Å². The molecule has 0 fully saturated rings. The third-order valence-corrected chi connectivity index (χ3v) is 4.74. The molecule has 0 N–H and O–H groups in total. The van der Waals surface area contributed by atoms with Crippen LogP contribution in [-0.2, 0) is 4.74 Å². The minimum Gasteiger partial charge on any atom is -0.462 e. The van der Waals surface area contributed by atoms with Crippen LogP contribution in [0, 0.1) is 0 Å². The van der Waals surface area contributed by atoms with Crippen LogP contribution >= 0.6 is 0 Å². The van der Waals surface area contributed by atoms with E-state index in [1.165, 1.54) is 6.20 Å². The molecule has 2 unspecified atom stereocenters. The van der Waals surface area contributed by atoms with Crippen LogP contribution in [-0.4, -0.2) is 29.2 Å². The van der Waals surface area contributed by atoms with Gasteiger partial charge in [-0.3, -0.25) is 9.36 Å². The maximum absolute atomic E-state index is 12.8. The second-order valence-electron chi connectivity index (χ2n) is 6.31. The van der Waals surface area contributed by atoms with Crippen molar-refractivity contribution in [1.29, 1.82) is 0 Å². The summed E-state index contributed by atoms with van der Waals surface area (Å²) in [6.07, 6.45) is 3.11. The summed E-state index contributed by atoms with van der Waals surface area (Å²) in [6.45, 7) is 3.93. The molecule has 0 amide bonds. The number of fused-ring (bicyclic) bond motifs is 1. The summed E-state index contributed by atoms with van der Waals surface area (Å²) in [7, 11) is 2.01. The zero-order valence-electron chi connectivity index (χ0n) is 14.8. The van der Waals surface area contributed by atoms with Crippen LogP contribution < -0.4 is 10.5 Å². The maximum Gasteiger partial charge on any atom is 0.345 e. The van der Waals surface area contributed by atoms with Gasteiger partial charge in [0.2, 0.25) is 0 Å². The highest BCUT2D eigenvalue weighted by Gasteiger charge is 2.31. The van der Waals surface area contributed by atoms with Gasteiger partial charge in [0.05, 0.1) is 12.6 Å². The quantitative estimate of drug-likeness (QED) is 0.800. The van der Waals surface area contributed by atoms with Gasteiger partial charge in [0.1, 0.15) is 11.4 Å². The second-order valence-corrected chi connectivity index (χ2v) is 6.31. The lowest BCUT2D eigenvalue weighted by atomic mass is 9.98. The first-order valence-electron chi connectivity index (χ1n) is 8.61. The molecule has 6 heteroatoms. The molecule has 2 aromatic rings. The fourth-order valence-electron chi connectivity index (χ4n) is 3.37. The molecule has 0 radical (unpaired) electrons. The lowest BCUT2D eigenvalue weighted by molar-refractivity contribution is 0.0522. The van der Waals surface area contributed by atoms with E-state index in [0.717, 1.165) is 18.5 Å². The summed E-state index contributed by atoms with van der Waals surface area (Å²) in [6, 6.07) is 10.0. The lowest BCUT2D eigenvalue weighted by Gasteiger charge is -2.36. The molecule has 1 aliphatic rings. The van der Waals surface area contributed by atoms with Crippen molar-refractivity contribution in [3.63, 3.8) is 0 Å². The zero-order chi connectivity index (χ0) is 18.0. The van der Waals surface area contributed by atoms with Crippen LogP contribution in [0.5, 0.6) is 0 Å². The fourth-order valence-corrected chi connectivity index (χ4v) is 3.37. The Kier molecular flexibility index (Phi) is 4.88. The predicted molar refractivity (Wildman–Crippen MR) is 96.0 cm³/mol. The topological polar surface area (TPSA) is 64.4 Å². The minimum absolute atomic E-state index is 0.000430. The number of benzene rings is 1. The van der Waals surface area contributed by atoms with E-state index in [1.807, 2.05) is 44.3 Å². The average Bonchev–Trinajstić information content (AvgIpc) is 2.62. The number of carbonyl (C=O) groups is 1. The third kappa shape index (κ3) is 3.16. The van der Waals surface area contributed by atoms with Crippen molar-refractivity contribution in [3.8, 4) is 0 Å². The van der Waals surface area contributed by atoms with Crippen molar-refractivity contribution in [3.05, 3.63) is 58.3 Å². The molecule has 0 saturated heterocycles. The average molecular weight is 341 g/mol. The van der Waals surface area contributed by atoms with Crippen LogP contribution in [0.3, 0.4) is 0 Å². The van der Waals surface area contributed by atoms with Gasteiger partial charge in [-0.2, -0.15) is 0 Å². The Morgan fingerprint density at radius 1 is 1.32 bits per heavy atom. The molecule has 3 rings (SSSR count). The first kappa shape index (κ1) is 17.2. The molecule has 0 saturated carbocycles. The number of hydrogen-bond acceptors (Lipinski definition) is 5. The molecule has 2 heterocycles. The summed E-state index contributed by atoms with van der Waals surface area (Å²) in [5, 5.41) is 0. The van der Waals surface area contributed by atoms with E-state index in [9.17, 15) is 9.59 Å². The molecule has 25 heavy (non-hydrogen) atoms. The van der Waals surface area contributed by atoms with Crippen LogP contribution in [0.2, 0.25) is 0 Å². The van der Waals surface area contributed by atoms with Gasteiger partial charge in [-0.1, -0.05) is 18.2 Å². The number of ether oxygens (including phenoxy) is 1. The fraction of sp³-hybridized carbons (Fsp3) is 0.421. The Morgan fingerprint density at radius 2 is 2.04 bits per heavy atom. The van der Waals surface area contributed by atoms with Gasteiger partial charge in [-0.15, -0.1) is 0 Å². The molecule has 0 aliphatic carbocycles. The van der Waals surface area contributed by atoms with Crippen LogP contribution in [0.4, 0.5) is 5.69 Å². The highest BCUT2D eigenvalue weighted by molar-refractivity contribution is 5.88. The molecular formula is C19H23N3O3. The monoisotopic (exact) mass is 341 g/mol. The Hall–Kier alpha value is -2.63. The number of nitrogens with zero attached hydrogens (tertiary/aromatic N) is 3. The van der Waals surface area contributed by atoms with Gasteiger partial charge in [-0.25, -0.2) is 9.78 Å². The predicted octanol–water partition coefficient (Wildman–Crippen LogP) is 2.95. The SMILES string of the molecule is CCOC(=O)c1cnc2n(c1=O)C(C)CCC2N(C)c1ccccc1. The van der Waals surface area contributed by atoms with Crippen molar-refractivity contribution in [2.45, 2.75) is 38.8 Å². The van der Waals surface area contributed by atoms with Gasteiger partial charge in [0, 0.05) is 25.0 Å². The maximum atomic E-state index is 12.8. The molecule has 6 nitrogen and oxygen atoms in total. The Bertz CT molecular complexity index is 816. The van der Waals surface area contributed by atoms with E-state index in [1.54, 1.807) is 11.5 Å². The Labute approximate surface area is 147 Å². The number of anilines is 1. The smallest absolute Gasteiger partial charge is 0.345 e. The van der Waals surface area contributed by atoms with Gasteiger partial charge >= 0.3 is 5.97 Å². The summed E-state index contributed by atoms with van der Waals surface area (Å²) in [4.78, 5) is 31.5. The molecule has 2 atom stereocenters. The van der Waals surface area contributed by atoms with Crippen molar-refractivity contribution in [2.75, 3.05) is 18.6 Å². The highest BCUT2D eigenvalue weighted by Crippen LogP contribution is 2.35. The molecule has 1 aromatic heterocycles. The molecular weight excluding hydrogens is 318 g/mol. The Balaban J connectivity index is 2.04. The van der Waals surface area contributed by atoms with E-state index < -0.39 is 5.97 Å². The Morgan fingerprint density at radius 3 is 2.72 bits per heavy atom. The van der Waals surface area contributed by atoms with Crippen LogP contribution in [0.15, 0.2) is 41.3 Å². The van der Waals surface area contributed by atoms with Crippen LogP contribution in [0.25, 0.3) is 0 Å². The number of para-hydroxylation sites is 1. The minimum atomic E-state index is -0.610. The standard InChI is InChI=1S/C19H23N3O3/c1-4-25-19(24)15-12-20-17-16(11-10-13(2)22(17)18(15)23)21(3)14-8-6-5-7-9-14/h5-9,12-13,16H,4,10-11H2,1-3H3. The van der Waals surface area contributed by atoms with Crippen molar-refractivity contribution < 1.29 is 9.53 Å². The molecule has 0 spiro atoms. The summed E-state index contributed by atoms with van der Waals surface area (Å²) in [5.41, 5.74) is 0.750. The normalized spacial score (nSPS) is 19.2.